The molecular formula is C20H22BrN3O2. The van der Waals surface area contributed by atoms with Gasteiger partial charge in [0.05, 0.1) is 18.1 Å². The van der Waals surface area contributed by atoms with Crippen molar-refractivity contribution in [2.24, 2.45) is 11.8 Å². The molecule has 2 saturated heterocycles. The number of hydrogen-bond donors (Lipinski definition) is 4. The fourth-order valence-corrected chi connectivity index (χ4v) is 4.41. The number of aryl methyl sites for hydroxylation is 1. The summed E-state index contributed by atoms with van der Waals surface area (Å²) >= 11 is 3.45. The number of aliphatic carboxylic acids is 1. The van der Waals surface area contributed by atoms with Gasteiger partial charge in [-0.25, -0.2) is 10.9 Å². The number of rotatable bonds is 3. The van der Waals surface area contributed by atoms with E-state index in [1.54, 1.807) is 0 Å². The lowest BCUT2D eigenvalue weighted by Crippen LogP contribution is -2.53. The first-order valence-electron chi connectivity index (χ1n) is 8.85. The average Bonchev–Trinajstić information content (AvgIpc) is 3.06. The summed E-state index contributed by atoms with van der Waals surface area (Å²) in [5.74, 6) is -1.22. The largest absolute Gasteiger partial charge is 0.481 e. The van der Waals surface area contributed by atoms with Crippen LogP contribution in [0.15, 0.2) is 53.0 Å². The standard InChI is InChI=1S/C20H22BrN3O2/c1-11-2-4-12(5-3-11)16-10-15(20(25)26)17-18(23-24-19(17)22-16)13-6-8-14(21)9-7-13/h2-9,15-19,22-24H,10H2,1H3,(H,25,26). The van der Waals surface area contributed by atoms with Crippen molar-refractivity contribution in [3.8, 4) is 0 Å². The van der Waals surface area contributed by atoms with Crippen LogP contribution in [0.4, 0.5) is 0 Å². The van der Waals surface area contributed by atoms with Gasteiger partial charge in [0.1, 0.15) is 0 Å². The summed E-state index contributed by atoms with van der Waals surface area (Å²) in [4.78, 5) is 12.1. The Morgan fingerprint density at radius 1 is 1.04 bits per heavy atom. The van der Waals surface area contributed by atoms with Crippen molar-refractivity contribution < 1.29 is 9.90 Å². The van der Waals surface area contributed by atoms with E-state index in [-0.39, 0.29) is 24.2 Å². The van der Waals surface area contributed by atoms with E-state index in [1.165, 1.54) is 5.56 Å². The van der Waals surface area contributed by atoms with Crippen LogP contribution in [-0.2, 0) is 4.79 Å². The second-order valence-electron chi connectivity index (χ2n) is 7.18. The molecule has 5 nitrogen and oxygen atoms in total. The minimum Gasteiger partial charge on any atom is -0.481 e. The van der Waals surface area contributed by atoms with E-state index in [0.29, 0.717) is 6.42 Å². The molecule has 0 radical (unpaired) electrons. The summed E-state index contributed by atoms with van der Waals surface area (Å²) < 4.78 is 1.01. The van der Waals surface area contributed by atoms with Crippen LogP contribution in [0.5, 0.6) is 0 Å². The molecule has 2 aliphatic rings. The first-order chi connectivity index (χ1) is 12.5. The molecule has 2 heterocycles. The lowest BCUT2D eigenvalue weighted by Gasteiger charge is -2.39. The Morgan fingerprint density at radius 3 is 2.35 bits per heavy atom. The summed E-state index contributed by atoms with van der Waals surface area (Å²) in [5.41, 5.74) is 10.0. The average molecular weight is 416 g/mol. The monoisotopic (exact) mass is 415 g/mol. The maximum Gasteiger partial charge on any atom is 0.307 e. The van der Waals surface area contributed by atoms with E-state index >= 15 is 0 Å². The van der Waals surface area contributed by atoms with Gasteiger partial charge in [0.15, 0.2) is 0 Å². The van der Waals surface area contributed by atoms with Crippen molar-refractivity contribution in [1.29, 1.82) is 0 Å². The van der Waals surface area contributed by atoms with Crippen molar-refractivity contribution in [2.45, 2.75) is 31.6 Å². The smallest absolute Gasteiger partial charge is 0.307 e. The highest BCUT2D eigenvalue weighted by Crippen LogP contribution is 2.42. The number of carboxylic acid groups (broad SMARTS) is 1. The quantitative estimate of drug-likeness (QED) is 0.618. The molecule has 2 aromatic carbocycles. The Hall–Kier alpha value is -1.73. The number of piperidine rings is 1. The van der Waals surface area contributed by atoms with E-state index < -0.39 is 11.9 Å². The van der Waals surface area contributed by atoms with Crippen LogP contribution in [0.1, 0.15) is 35.2 Å². The number of carboxylic acids is 1. The second-order valence-corrected chi connectivity index (χ2v) is 8.10. The molecule has 0 spiro atoms. The molecule has 5 unspecified atom stereocenters. The van der Waals surface area contributed by atoms with Crippen molar-refractivity contribution >= 4 is 21.9 Å². The van der Waals surface area contributed by atoms with Gasteiger partial charge in [-0.05, 0) is 36.6 Å². The molecule has 2 fully saturated rings. The lowest BCUT2D eigenvalue weighted by molar-refractivity contribution is -0.146. The molecule has 0 aliphatic carbocycles. The minimum absolute atomic E-state index is 0.0240. The molecule has 0 amide bonds. The predicted octanol–water partition coefficient (Wildman–Crippen LogP) is 3.28. The Balaban J connectivity index is 1.61. The van der Waals surface area contributed by atoms with E-state index in [9.17, 15) is 9.90 Å². The summed E-state index contributed by atoms with van der Waals surface area (Å²) in [6, 6.07) is 16.4. The van der Waals surface area contributed by atoms with E-state index in [2.05, 4.69) is 63.3 Å². The molecule has 5 atom stereocenters. The Labute approximate surface area is 161 Å². The molecule has 6 heteroatoms. The van der Waals surface area contributed by atoms with Gasteiger partial charge in [-0.3, -0.25) is 10.1 Å². The molecule has 0 bridgehead atoms. The first kappa shape index (κ1) is 17.7. The minimum atomic E-state index is -0.730. The van der Waals surface area contributed by atoms with Crippen LogP contribution < -0.4 is 16.2 Å². The topological polar surface area (TPSA) is 73.4 Å². The number of fused-ring (bicyclic) bond motifs is 1. The number of nitrogens with one attached hydrogen (secondary N) is 3. The second kappa shape index (κ2) is 7.12. The van der Waals surface area contributed by atoms with Gasteiger partial charge in [-0.15, -0.1) is 0 Å². The van der Waals surface area contributed by atoms with Gasteiger partial charge in [0.2, 0.25) is 0 Å². The molecule has 136 valence electrons. The van der Waals surface area contributed by atoms with Crippen LogP contribution in [0.25, 0.3) is 0 Å². The first-order valence-corrected chi connectivity index (χ1v) is 9.64. The number of halogens is 1. The van der Waals surface area contributed by atoms with Gasteiger partial charge in [-0.1, -0.05) is 57.9 Å². The number of hydrazine groups is 1. The van der Waals surface area contributed by atoms with Crippen LogP contribution in [0.3, 0.4) is 0 Å². The third kappa shape index (κ3) is 3.30. The number of carbonyl (C=O) groups is 1. The van der Waals surface area contributed by atoms with Crippen LogP contribution in [0.2, 0.25) is 0 Å². The zero-order chi connectivity index (χ0) is 18.3. The number of hydrogen-bond acceptors (Lipinski definition) is 4. The SMILES string of the molecule is Cc1ccc(C2CC(C(=O)O)C3C(NNC3c3ccc(Br)cc3)N2)cc1. The van der Waals surface area contributed by atoms with E-state index in [0.717, 1.165) is 15.6 Å². The highest BCUT2D eigenvalue weighted by Gasteiger charge is 2.49. The van der Waals surface area contributed by atoms with Crippen LogP contribution in [-0.4, -0.2) is 17.2 Å². The zero-order valence-electron chi connectivity index (χ0n) is 14.4. The van der Waals surface area contributed by atoms with Gasteiger partial charge < -0.3 is 5.11 Å². The van der Waals surface area contributed by atoms with E-state index in [1.807, 2.05) is 24.3 Å². The van der Waals surface area contributed by atoms with Gasteiger partial charge in [-0.2, -0.15) is 0 Å². The summed E-state index contributed by atoms with van der Waals surface area (Å²) in [6.45, 7) is 2.05. The maximum atomic E-state index is 12.1. The molecule has 4 N–H and O–H groups in total. The normalized spacial score (nSPS) is 30.8. The summed E-state index contributed by atoms with van der Waals surface area (Å²) in [5, 5.41) is 13.5. The predicted molar refractivity (Wildman–Crippen MR) is 103 cm³/mol. The van der Waals surface area contributed by atoms with Crippen molar-refractivity contribution in [2.75, 3.05) is 0 Å². The molecule has 2 aliphatic heterocycles. The summed E-state index contributed by atoms with van der Waals surface area (Å²) in [7, 11) is 0. The Bertz CT molecular complexity index is 794. The highest BCUT2D eigenvalue weighted by atomic mass is 79.9. The third-order valence-electron chi connectivity index (χ3n) is 5.53. The lowest BCUT2D eigenvalue weighted by atomic mass is 9.75. The third-order valence-corrected chi connectivity index (χ3v) is 6.05. The van der Waals surface area contributed by atoms with Crippen molar-refractivity contribution in [3.63, 3.8) is 0 Å². The van der Waals surface area contributed by atoms with Crippen molar-refractivity contribution in [3.05, 3.63) is 69.7 Å². The van der Waals surface area contributed by atoms with Gasteiger partial charge in [0, 0.05) is 16.4 Å². The zero-order valence-corrected chi connectivity index (χ0v) is 16.0. The Morgan fingerprint density at radius 2 is 1.69 bits per heavy atom. The number of benzene rings is 2. The van der Waals surface area contributed by atoms with Crippen LogP contribution in [0, 0.1) is 18.8 Å². The summed E-state index contributed by atoms with van der Waals surface area (Å²) in [6.07, 6.45) is 0.487. The molecule has 26 heavy (non-hydrogen) atoms. The molecule has 2 aromatic rings. The van der Waals surface area contributed by atoms with Gasteiger partial charge in [0.25, 0.3) is 0 Å². The molecule has 4 rings (SSSR count). The van der Waals surface area contributed by atoms with Gasteiger partial charge >= 0.3 is 5.97 Å². The maximum absolute atomic E-state index is 12.1. The van der Waals surface area contributed by atoms with Crippen molar-refractivity contribution in [1.82, 2.24) is 16.2 Å². The fraction of sp³-hybridized carbons (Fsp3) is 0.350. The van der Waals surface area contributed by atoms with E-state index in [4.69, 9.17) is 0 Å². The molecule has 0 aromatic heterocycles. The molecule has 0 saturated carbocycles. The van der Waals surface area contributed by atoms with Crippen LogP contribution >= 0.6 is 15.9 Å². The fourth-order valence-electron chi connectivity index (χ4n) is 4.15. The highest BCUT2D eigenvalue weighted by molar-refractivity contribution is 9.10. The Kier molecular flexibility index (Phi) is 4.84. The molecular weight excluding hydrogens is 394 g/mol.